The second-order valence-electron chi connectivity index (χ2n) is 3.88. The molecule has 0 bridgehead atoms. The Labute approximate surface area is 89.2 Å². The van der Waals surface area contributed by atoms with Gasteiger partial charge in [0.1, 0.15) is 6.10 Å². The van der Waals surface area contributed by atoms with Crippen LogP contribution in [0, 0.1) is 0 Å². The lowest BCUT2D eigenvalue weighted by atomic mass is 10.0. The standard InChI is InChI=1S/C12H15NO2/c1-2-3-4-11-9-6-5-8(13)7-10(9)12(14)15-11/h5-7,11H,2-4,13H2,1H3/t11-/m1/s1. The van der Waals surface area contributed by atoms with Crippen molar-refractivity contribution in [2.75, 3.05) is 5.73 Å². The molecule has 1 atom stereocenters. The molecule has 1 aliphatic rings. The summed E-state index contributed by atoms with van der Waals surface area (Å²) < 4.78 is 5.29. The molecule has 1 aromatic carbocycles. The van der Waals surface area contributed by atoms with E-state index in [-0.39, 0.29) is 12.1 Å². The Morgan fingerprint density at radius 3 is 3.00 bits per heavy atom. The van der Waals surface area contributed by atoms with Gasteiger partial charge >= 0.3 is 5.97 Å². The van der Waals surface area contributed by atoms with Gasteiger partial charge in [0.2, 0.25) is 0 Å². The first kappa shape index (κ1) is 10.0. The van der Waals surface area contributed by atoms with Crippen LogP contribution in [0.25, 0.3) is 0 Å². The summed E-state index contributed by atoms with van der Waals surface area (Å²) in [5.74, 6) is -0.238. The predicted molar refractivity (Wildman–Crippen MR) is 58.5 cm³/mol. The quantitative estimate of drug-likeness (QED) is 0.609. The van der Waals surface area contributed by atoms with Crippen molar-refractivity contribution in [2.45, 2.75) is 32.3 Å². The third-order valence-corrected chi connectivity index (χ3v) is 2.71. The van der Waals surface area contributed by atoms with Crippen LogP contribution in [-0.4, -0.2) is 5.97 Å². The van der Waals surface area contributed by atoms with Crippen LogP contribution in [0.5, 0.6) is 0 Å². The zero-order chi connectivity index (χ0) is 10.8. The minimum atomic E-state index is -0.238. The number of carbonyl (C=O) groups excluding carboxylic acids is 1. The third kappa shape index (κ3) is 1.82. The number of cyclic esters (lactones) is 1. The Hall–Kier alpha value is -1.51. The molecule has 0 unspecified atom stereocenters. The Morgan fingerprint density at radius 2 is 2.27 bits per heavy atom. The molecular formula is C12H15NO2. The van der Waals surface area contributed by atoms with Crippen molar-refractivity contribution in [2.24, 2.45) is 0 Å². The van der Waals surface area contributed by atoms with E-state index in [4.69, 9.17) is 10.5 Å². The average molecular weight is 205 g/mol. The molecule has 0 aromatic heterocycles. The molecule has 0 fully saturated rings. The zero-order valence-corrected chi connectivity index (χ0v) is 8.82. The number of benzene rings is 1. The minimum absolute atomic E-state index is 0.0620. The lowest BCUT2D eigenvalue weighted by Crippen LogP contribution is -1.98. The summed E-state index contributed by atoms with van der Waals surface area (Å²) in [4.78, 5) is 11.5. The maximum absolute atomic E-state index is 11.5. The van der Waals surface area contributed by atoms with Crippen molar-refractivity contribution in [1.29, 1.82) is 0 Å². The molecule has 3 nitrogen and oxygen atoms in total. The molecule has 1 heterocycles. The van der Waals surface area contributed by atoms with Gasteiger partial charge in [-0.05, 0) is 25.0 Å². The van der Waals surface area contributed by atoms with Crippen molar-refractivity contribution < 1.29 is 9.53 Å². The van der Waals surface area contributed by atoms with Crippen LogP contribution < -0.4 is 5.73 Å². The normalized spacial score (nSPS) is 18.7. The molecule has 0 aliphatic carbocycles. The molecule has 0 radical (unpaired) electrons. The Balaban J connectivity index is 2.26. The molecule has 0 saturated carbocycles. The van der Waals surface area contributed by atoms with Crippen LogP contribution in [-0.2, 0) is 4.74 Å². The van der Waals surface area contributed by atoms with Gasteiger partial charge in [0, 0.05) is 11.3 Å². The number of nitrogens with two attached hydrogens (primary N) is 1. The van der Waals surface area contributed by atoms with Gasteiger partial charge < -0.3 is 10.5 Å². The van der Waals surface area contributed by atoms with Gasteiger partial charge in [0.25, 0.3) is 0 Å². The Morgan fingerprint density at radius 1 is 1.47 bits per heavy atom. The summed E-state index contributed by atoms with van der Waals surface area (Å²) in [6.45, 7) is 2.13. The molecule has 2 N–H and O–H groups in total. The topological polar surface area (TPSA) is 52.3 Å². The highest BCUT2D eigenvalue weighted by Gasteiger charge is 2.30. The molecule has 0 spiro atoms. The number of hydrogen-bond donors (Lipinski definition) is 1. The number of esters is 1. The summed E-state index contributed by atoms with van der Waals surface area (Å²) in [5.41, 5.74) is 7.87. The van der Waals surface area contributed by atoms with E-state index in [2.05, 4.69) is 6.92 Å². The molecule has 15 heavy (non-hydrogen) atoms. The van der Waals surface area contributed by atoms with Crippen LogP contribution in [0.3, 0.4) is 0 Å². The number of unbranched alkanes of at least 4 members (excludes halogenated alkanes) is 1. The number of ether oxygens (including phenoxy) is 1. The first-order chi connectivity index (χ1) is 7.22. The van der Waals surface area contributed by atoms with Crippen LogP contribution in [0.15, 0.2) is 18.2 Å². The molecule has 0 amide bonds. The average Bonchev–Trinajstić information content (AvgIpc) is 2.53. The third-order valence-electron chi connectivity index (χ3n) is 2.71. The van der Waals surface area contributed by atoms with E-state index in [9.17, 15) is 4.79 Å². The molecular weight excluding hydrogens is 190 g/mol. The van der Waals surface area contributed by atoms with Crippen molar-refractivity contribution in [1.82, 2.24) is 0 Å². The first-order valence-electron chi connectivity index (χ1n) is 5.32. The number of anilines is 1. The lowest BCUT2D eigenvalue weighted by molar-refractivity contribution is 0.0364. The molecule has 80 valence electrons. The summed E-state index contributed by atoms with van der Waals surface area (Å²) in [5, 5.41) is 0. The summed E-state index contributed by atoms with van der Waals surface area (Å²) >= 11 is 0. The molecule has 2 rings (SSSR count). The van der Waals surface area contributed by atoms with Gasteiger partial charge in [0.15, 0.2) is 0 Å². The van der Waals surface area contributed by atoms with E-state index in [1.54, 1.807) is 6.07 Å². The van der Waals surface area contributed by atoms with Gasteiger partial charge in [-0.3, -0.25) is 0 Å². The van der Waals surface area contributed by atoms with E-state index in [0.29, 0.717) is 11.3 Å². The number of rotatable bonds is 3. The lowest BCUT2D eigenvalue weighted by Gasteiger charge is -2.09. The summed E-state index contributed by atoms with van der Waals surface area (Å²) in [6, 6.07) is 5.42. The number of fused-ring (bicyclic) bond motifs is 1. The molecule has 1 aliphatic heterocycles. The summed E-state index contributed by atoms with van der Waals surface area (Å²) in [6.07, 6.45) is 3.02. The van der Waals surface area contributed by atoms with Gasteiger partial charge in [-0.15, -0.1) is 0 Å². The smallest absolute Gasteiger partial charge is 0.339 e. The van der Waals surface area contributed by atoms with Crippen molar-refractivity contribution >= 4 is 11.7 Å². The second-order valence-corrected chi connectivity index (χ2v) is 3.88. The van der Waals surface area contributed by atoms with E-state index in [1.807, 2.05) is 12.1 Å². The molecule has 1 aromatic rings. The van der Waals surface area contributed by atoms with E-state index in [1.165, 1.54) is 0 Å². The van der Waals surface area contributed by atoms with Gasteiger partial charge in [0.05, 0.1) is 5.56 Å². The summed E-state index contributed by atoms with van der Waals surface area (Å²) in [7, 11) is 0. The number of carbonyl (C=O) groups is 1. The Kier molecular flexibility index (Phi) is 2.62. The van der Waals surface area contributed by atoms with Gasteiger partial charge in [-0.1, -0.05) is 19.4 Å². The second kappa shape index (κ2) is 3.93. The van der Waals surface area contributed by atoms with Crippen LogP contribution in [0.4, 0.5) is 5.69 Å². The molecule has 0 saturated heterocycles. The minimum Gasteiger partial charge on any atom is -0.454 e. The Bertz CT molecular complexity index is 387. The van der Waals surface area contributed by atoms with E-state index >= 15 is 0 Å². The largest absolute Gasteiger partial charge is 0.454 e. The van der Waals surface area contributed by atoms with E-state index in [0.717, 1.165) is 24.8 Å². The van der Waals surface area contributed by atoms with Crippen molar-refractivity contribution in [3.05, 3.63) is 29.3 Å². The predicted octanol–water partition coefficient (Wildman–Crippen LogP) is 2.67. The highest BCUT2D eigenvalue weighted by atomic mass is 16.5. The number of nitrogen functional groups attached to an aromatic ring is 1. The van der Waals surface area contributed by atoms with Crippen molar-refractivity contribution in [3.8, 4) is 0 Å². The van der Waals surface area contributed by atoms with E-state index < -0.39 is 0 Å². The maximum atomic E-state index is 11.5. The van der Waals surface area contributed by atoms with Gasteiger partial charge in [-0.2, -0.15) is 0 Å². The van der Waals surface area contributed by atoms with Gasteiger partial charge in [-0.25, -0.2) is 4.79 Å². The fourth-order valence-electron chi connectivity index (χ4n) is 1.89. The first-order valence-corrected chi connectivity index (χ1v) is 5.32. The van der Waals surface area contributed by atoms with Crippen molar-refractivity contribution in [3.63, 3.8) is 0 Å². The van der Waals surface area contributed by atoms with Crippen LogP contribution in [0.2, 0.25) is 0 Å². The number of hydrogen-bond acceptors (Lipinski definition) is 3. The molecule has 3 heteroatoms. The highest BCUT2D eigenvalue weighted by Crippen LogP contribution is 2.34. The highest BCUT2D eigenvalue weighted by molar-refractivity contribution is 5.95. The maximum Gasteiger partial charge on any atom is 0.339 e. The fourth-order valence-corrected chi connectivity index (χ4v) is 1.89. The van der Waals surface area contributed by atoms with Crippen LogP contribution >= 0.6 is 0 Å². The monoisotopic (exact) mass is 205 g/mol. The fraction of sp³-hybridized carbons (Fsp3) is 0.417. The van der Waals surface area contributed by atoms with Crippen LogP contribution in [0.1, 0.15) is 48.2 Å². The zero-order valence-electron chi connectivity index (χ0n) is 8.82. The SMILES string of the molecule is CCCC[C@H]1OC(=O)c2cc(N)ccc21.